The zero-order chi connectivity index (χ0) is 24.7. The molecule has 9 nitrogen and oxygen atoms in total. The first-order chi connectivity index (χ1) is 15.9. The lowest BCUT2D eigenvalue weighted by Crippen LogP contribution is -2.28. The van der Waals surface area contributed by atoms with Crippen LogP contribution in [0.2, 0.25) is 0 Å². The van der Waals surface area contributed by atoms with E-state index in [0.29, 0.717) is 5.56 Å². The van der Waals surface area contributed by atoms with E-state index in [0.717, 1.165) is 30.3 Å². The van der Waals surface area contributed by atoms with Crippen molar-refractivity contribution in [2.45, 2.75) is 12.1 Å². The highest BCUT2D eigenvalue weighted by atomic mass is 32.2. The molecule has 0 amide bonds. The first-order valence-electron chi connectivity index (χ1n) is 9.29. The molecule has 0 bridgehead atoms. The maximum absolute atomic E-state index is 13.1. The quantitative estimate of drug-likeness (QED) is 0.225. The summed E-state index contributed by atoms with van der Waals surface area (Å²) in [6.07, 6.45) is 1.19. The van der Waals surface area contributed by atoms with Crippen LogP contribution in [0.3, 0.4) is 0 Å². The van der Waals surface area contributed by atoms with Crippen molar-refractivity contribution < 1.29 is 39.3 Å². The van der Waals surface area contributed by atoms with Crippen molar-refractivity contribution >= 4 is 21.1 Å². The molecule has 2 aromatic carbocycles. The lowest BCUT2D eigenvalue weighted by atomic mass is 10.2. The zero-order valence-corrected chi connectivity index (χ0v) is 17.9. The number of halogens is 4. The lowest BCUT2D eigenvalue weighted by molar-refractivity contribution is -0.0500. The molecule has 0 atom stereocenters. The number of aryl methyl sites for hydroxylation is 1. The molecule has 2 aromatic heterocycles. The molecule has 0 saturated carbocycles. The lowest BCUT2D eigenvalue weighted by Gasteiger charge is -2.13. The van der Waals surface area contributed by atoms with Crippen molar-refractivity contribution in [3.63, 3.8) is 0 Å². The number of alkyl halides is 3. The van der Waals surface area contributed by atoms with Gasteiger partial charge in [0.05, 0.1) is 0 Å². The highest BCUT2D eigenvalue weighted by Crippen LogP contribution is 2.34. The summed E-state index contributed by atoms with van der Waals surface area (Å²) in [7, 11) is -4.51. The molecule has 34 heavy (non-hydrogen) atoms. The Labute approximate surface area is 188 Å². The van der Waals surface area contributed by atoms with Crippen LogP contribution in [0.1, 0.15) is 5.56 Å². The molecule has 0 aliphatic heterocycles. The number of hydrogen-bond donors (Lipinski definition) is 0. The van der Waals surface area contributed by atoms with E-state index in [9.17, 15) is 30.8 Å². The molecule has 0 fully saturated rings. The summed E-state index contributed by atoms with van der Waals surface area (Å²) in [6, 6.07) is 7.80. The van der Waals surface area contributed by atoms with E-state index < -0.39 is 32.6 Å². The maximum Gasteiger partial charge on any atom is 0.534 e. The summed E-state index contributed by atoms with van der Waals surface area (Å²) >= 11 is 0. The second-order valence-corrected chi connectivity index (χ2v) is 8.41. The number of rotatable bonds is 6. The van der Waals surface area contributed by atoms with Crippen LogP contribution in [-0.2, 0) is 23.8 Å². The van der Waals surface area contributed by atoms with E-state index in [1.165, 1.54) is 30.2 Å². The minimum atomic E-state index is -6.02. The molecule has 14 heteroatoms. The summed E-state index contributed by atoms with van der Waals surface area (Å²) < 4.78 is 91.3. The number of fused-ring (bicyclic) bond motifs is 1. The molecule has 0 aliphatic carbocycles. The number of aromatic nitrogens is 3. The Morgan fingerprint density at radius 1 is 1.12 bits per heavy atom. The van der Waals surface area contributed by atoms with Gasteiger partial charge in [0.1, 0.15) is 41.2 Å². The summed E-state index contributed by atoms with van der Waals surface area (Å²) in [5, 5.41) is 3.66. The molecular formula is C20H13F4N3O6S. The molecule has 0 aliphatic rings. The molecule has 0 radical (unpaired) electrons. The van der Waals surface area contributed by atoms with Gasteiger partial charge in [-0.25, -0.2) is 14.1 Å². The van der Waals surface area contributed by atoms with Crippen LogP contribution in [0.5, 0.6) is 11.5 Å². The fraction of sp³-hybridized carbons (Fsp3) is 0.150. The van der Waals surface area contributed by atoms with Gasteiger partial charge in [-0.1, -0.05) is 12.1 Å². The summed E-state index contributed by atoms with van der Waals surface area (Å²) in [5.74, 6) is -1.58. The van der Waals surface area contributed by atoms with Gasteiger partial charge in [-0.3, -0.25) is 4.79 Å². The van der Waals surface area contributed by atoms with Crippen molar-refractivity contribution in [3.05, 3.63) is 70.4 Å². The van der Waals surface area contributed by atoms with Gasteiger partial charge >= 0.3 is 15.6 Å². The summed E-state index contributed by atoms with van der Waals surface area (Å²) in [4.78, 5) is 16.8. The number of benzene rings is 2. The van der Waals surface area contributed by atoms with Gasteiger partial charge in [-0.2, -0.15) is 26.7 Å². The van der Waals surface area contributed by atoms with Gasteiger partial charge in [-0.05, 0) is 17.7 Å². The average molecular weight is 499 g/mol. The minimum absolute atomic E-state index is 0.0854. The van der Waals surface area contributed by atoms with Crippen LogP contribution in [-0.4, -0.2) is 28.7 Å². The number of nitrogens with zero attached hydrogens (tertiary/aromatic N) is 3. The molecule has 2 heterocycles. The smallest absolute Gasteiger partial charge is 0.488 e. The maximum atomic E-state index is 13.1. The zero-order valence-electron chi connectivity index (χ0n) is 17.0. The van der Waals surface area contributed by atoms with Gasteiger partial charge in [0, 0.05) is 25.2 Å². The van der Waals surface area contributed by atoms with E-state index in [4.69, 9.17) is 9.15 Å². The van der Waals surface area contributed by atoms with Gasteiger partial charge < -0.3 is 13.3 Å². The number of ether oxygens (including phenoxy) is 1. The Balaban J connectivity index is 1.84. The summed E-state index contributed by atoms with van der Waals surface area (Å²) in [6.45, 7) is -0.227. The predicted octanol–water partition coefficient (Wildman–Crippen LogP) is 3.54. The Morgan fingerprint density at radius 3 is 2.44 bits per heavy atom. The van der Waals surface area contributed by atoms with Gasteiger partial charge in [0.2, 0.25) is 0 Å². The number of hydrogen-bond acceptors (Lipinski definition) is 8. The van der Waals surface area contributed by atoms with Gasteiger partial charge in [0.25, 0.3) is 0 Å². The highest BCUT2D eigenvalue weighted by molar-refractivity contribution is 7.88. The van der Waals surface area contributed by atoms with Crippen LogP contribution >= 0.6 is 0 Å². The van der Waals surface area contributed by atoms with E-state index in [1.807, 2.05) is 0 Å². The van der Waals surface area contributed by atoms with E-state index >= 15 is 0 Å². The fourth-order valence-electron chi connectivity index (χ4n) is 2.94. The Hall–Kier alpha value is -3.94. The van der Waals surface area contributed by atoms with Crippen molar-refractivity contribution in [3.8, 4) is 23.1 Å². The molecule has 4 rings (SSSR count). The normalized spacial score (nSPS) is 12.1. The third-order valence-electron chi connectivity index (χ3n) is 4.50. The molecule has 178 valence electrons. The monoisotopic (exact) mass is 499 g/mol. The highest BCUT2D eigenvalue weighted by Gasteiger charge is 2.48. The van der Waals surface area contributed by atoms with Crippen molar-refractivity contribution in [1.29, 1.82) is 0 Å². The van der Waals surface area contributed by atoms with Crippen LogP contribution in [0, 0.1) is 5.82 Å². The average Bonchev–Trinajstić information content (AvgIpc) is 3.17. The minimum Gasteiger partial charge on any atom is -0.488 e. The van der Waals surface area contributed by atoms with Gasteiger partial charge in [-0.15, -0.1) is 0 Å². The third-order valence-corrected chi connectivity index (χ3v) is 5.48. The first kappa shape index (κ1) is 23.2. The Morgan fingerprint density at radius 2 is 1.82 bits per heavy atom. The third kappa shape index (κ3) is 4.57. The Bertz CT molecular complexity index is 1530. The van der Waals surface area contributed by atoms with E-state index in [1.54, 1.807) is 0 Å². The van der Waals surface area contributed by atoms with Gasteiger partial charge in [0.15, 0.2) is 17.0 Å². The largest absolute Gasteiger partial charge is 0.534 e. The molecule has 0 unspecified atom stereocenters. The van der Waals surface area contributed by atoms with Crippen molar-refractivity contribution in [1.82, 2.24) is 14.8 Å². The second kappa shape index (κ2) is 8.44. The molecule has 0 spiro atoms. The predicted molar refractivity (Wildman–Crippen MR) is 109 cm³/mol. The summed E-state index contributed by atoms with van der Waals surface area (Å²) in [5.41, 5.74) is -6.21. The van der Waals surface area contributed by atoms with E-state index in [2.05, 4.69) is 14.3 Å². The topological polar surface area (TPSA) is 114 Å². The van der Waals surface area contributed by atoms with E-state index in [-0.39, 0.29) is 34.9 Å². The Kier molecular flexibility index (Phi) is 5.77. The van der Waals surface area contributed by atoms with Crippen LogP contribution < -0.4 is 14.3 Å². The van der Waals surface area contributed by atoms with Crippen molar-refractivity contribution in [2.24, 2.45) is 7.05 Å². The van der Waals surface area contributed by atoms with Crippen LogP contribution in [0.25, 0.3) is 22.6 Å². The molecule has 0 N–H and O–H groups in total. The van der Waals surface area contributed by atoms with Crippen LogP contribution in [0.4, 0.5) is 17.6 Å². The molecular weight excluding hydrogens is 486 g/mol. The standard InChI is InChI=1S/C20H13F4N3O6S/c1-27-19(25-10-26-27)17-8-14(28)18-15(31-9-11-2-4-12(21)5-3-11)6-13(7-16(18)32-17)33-34(29,30)20(22,23)24/h2-8,10H,9H2,1H3. The fourth-order valence-corrected chi connectivity index (χ4v) is 3.38. The SMILES string of the molecule is Cn1ncnc1-c1cc(=O)c2c(OCc3ccc(F)cc3)cc(OS(=O)(=O)C(F)(F)F)cc2o1. The molecule has 4 aromatic rings. The first-order valence-corrected chi connectivity index (χ1v) is 10.7. The van der Waals surface area contributed by atoms with Crippen molar-refractivity contribution in [2.75, 3.05) is 0 Å². The second-order valence-electron chi connectivity index (χ2n) is 6.88. The molecule has 0 saturated heterocycles. The van der Waals surface area contributed by atoms with Crippen LogP contribution in [0.15, 0.2) is 58.0 Å².